The summed E-state index contributed by atoms with van der Waals surface area (Å²) in [4.78, 5) is 17.0. The molecular weight excluding hydrogens is 352 g/mol. The summed E-state index contributed by atoms with van der Waals surface area (Å²) in [5.74, 6) is 1.65. The first-order chi connectivity index (χ1) is 13.6. The maximum absolute atomic E-state index is 12.8. The molecule has 0 radical (unpaired) electrons. The van der Waals surface area contributed by atoms with E-state index in [9.17, 15) is 4.79 Å². The van der Waals surface area contributed by atoms with Crippen LogP contribution in [0.1, 0.15) is 36.6 Å². The zero-order chi connectivity index (χ0) is 20.1. The van der Waals surface area contributed by atoms with Crippen LogP contribution in [-0.4, -0.2) is 56.1 Å². The minimum atomic E-state index is 0.0178. The van der Waals surface area contributed by atoms with Crippen LogP contribution in [0.4, 0.5) is 0 Å². The lowest BCUT2D eigenvalue weighted by molar-refractivity contribution is -0.132. The van der Waals surface area contributed by atoms with Gasteiger partial charge in [0, 0.05) is 19.6 Å². The van der Waals surface area contributed by atoms with E-state index in [0.29, 0.717) is 6.54 Å². The third-order valence-electron chi connectivity index (χ3n) is 5.54. The summed E-state index contributed by atoms with van der Waals surface area (Å²) in [5.41, 5.74) is 3.61. The quantitative estimate of drug-likeness (QED) is 0.735. The van der Waals surface area contributed by atoms with Crippen LogP contribution >= 0.6 is 0 Å². The Hall–Kier alpha value is -2.53. The first-order valence-corrected chi connectivity index (χ1v) is 9.94. The first-order valence-electron chi connectivity index (χ1n) is 9.94. The maximum atomic E-state index is 12.8. The van der Waals surface area contributed by atoms with Crippen LogP contribution in [0.15, 0.2) is 42.5 Å². The molecule has 1 atom stereocenters. The van der Waals surface area contributed by atoms with Crippen molar-refractivity contribution in [1.82, 2.24) is 9.80 Å². The number of nitrogens with zero attached hydrogens (tertiary/aromatic N) is 2. The highest BCUT2D eigenvalue weighted by Gasteiger charge is 2.32. The number of hydrogen-bond acceptors (Lipinski definition) is 4. The number of benzene rings is 2. The average molecular weight is 383 g/mol. The summed E-state index contributed by atoms with van der Waals surface area (Å²) >= 11 is 0. The van der Waals surface area contributed by atoms with Gasteiger partial charge in [0.05, 0.1) is 26.8 Å². The smallest absolute Gasteiger partial charge is 0.236 e. The molecule has 1 aliphatic rings. The van der Waals surface area contributed by atoms with Gasteiger partial charge in [0.15, 0.2) is 11.5 Å². The molecule has 2 aromatic rings. The molecule has 5 heteroatoms. The molecule has 1 unspecified atom stereocenters. The van der Waals surface area contributed by atoms with Gasteiger partial charge in [-0.25, -0.2) is 0 Å². The summed E-state index contributed by atoms with van der Waals surface area (Å²) in [5, 5.41) is 0. The van der Waals surface area contributed by atoms with Crippen molar-refractivity contribution >= 4 is 5.91 Å². The van der Waals surface area contributed by atoms with E-state index >= 15 is 0 Å². The molecule has 0 N–H and O–H groups in total. The van der Waals surface area contributed by atoms with Gasteiger partial charge >= 0.3 is 0 Å². The van der Waals surface area contributed by atoms with E-state index in [-0.39, 0.29) is 11.9 Å². The number of carbonyl (C=O) groups excluding carboxylic acids is 1. The van der Waals surface area contributed by atoms with Crippen LogP contribution < -0.4 is 9.47 Å². The number of amides is 1. The van der Waals surface area contributed by atoms with Gasteiger partial charge < -0.3 is 14.4 Å². The van der Waals surface area contributed by atoms with E-state index < -0.39 is 0 Å². The molecule has 1 aliphatic heterocycles. The largest absolute Gasteiger partial charge is 0.493 e. The first kappa shape index (κ1) is 20.2. The molecule has 1 amide bonds. The van der Waals surface area contributed by atoms with E-state index in [1.54, 1.807) is 14.2 Å². The number of rotatable bonds is 7. The maximum Gasteiger partial charge on any atom is 0.236 e. The third kappa shape index (κ3) is 3.99. The third-order valence-corrected chi connectivity index (χ3v) is 5.54. The lowest BCUT2D eigenvalue weighted by atomic mass is 9.87. The Bertz CT molecular complexity index is 803. The molecule has 0 aliphatic carbocycles. The highest BCUT2D eigenvalue weighted by Crippen LogP contribution is 2.40. The Labute approximate surface area is 167 Å². The molecule has 1 heterocycles. The Morgan fingerprint density at radius 3 is 2.32 bits per heavy atom. The molecule has 0 saturated carbocycles. The summed E-state index contributed by atoms with van der Waals surface area (Å²) in [7, 11) is 3.32. The van der Waals surface area contributed by atoms with E-state index in [4.69, 9.17) is 9.47 Å². The fraction of sp³-hybridized carbons (Fsp3) is 0.435. The van der Waals surface area contributed by atoms with Crippen LogP contribution in [0.2, 0.25) is 0 Å². The van der Waals surface area contributed by atoms with Gasteiger partial charge in [0.2, 0.25) is 5.91 Å². The van der Waals surface area contributed by atoms with Crippen molar-refractivity contribution in [1.29, 1.82) is 0 Å². The van der Waals surface area contributed by atoms with Gasteiger partial charge in [-0.3, -0.25) is 9.69 Å². The van der Waals surface area contributed by atoms with Crippen molar-refractivity contribution in [3.8, 4) is 11.5 Å². The van der Waals surface area contributed by atoms with Crippen molar-refractivity contribution in [3.05, 3.63) is 59.2 Å². The van der Waals surface area contributed by atoms with Crippen LogP contribution in [0.3, 0.4) is 0 Å². The molecular formula is C23H30N2O3. The second-order valence-electron chi connectivity index (χ2n) is 7.01. The SMILES string of the molecule is CCN(CC)C(=O)CN1CCc2cc(OC)c(OC)cc2C1c1ccccc1. The number of fused-ring (bicyclic) bond motifs is 1. The predicted octanol–water partition coefficient (Wildman–Crippen LogP) is 3.52. The topological polar surface area (TPSA) is 42.0 Å². The van der Waals surface area contributed by atoms with Gasteiger partial charge in [-0.05, 0) is 49.1 Å². The highest BCUT2D eigenvalue weighted by atomic mass is 16.5. The summed E-state index contributed by atoms with van der Waals surface area (Å²) < 4.78 is 11.1. The monoisotopic (exact) mass is 382 g/mol. The Balaban J connectivity index is 2.02. The van der Waals surface area contributed by atoms with Crippen LogP contribution in [0.5, 0.6) is 11.5 Å². The van der Waals surface area contributed by atoms with Crippen LogP contribution in [0, 0.1) is 0 Å². The molecule has 150 valence electrons. The van der Waals surface area contributed by atoms with Crippen molar-refractivity contribution < 1.29 is 14.3 Å². The second kappa shape index (κ2) is 9.11. The summed E-state index contributed by atoms with van der Waals surface area (Å²) in [6, 6.07) is 14.5. The lowest BCUT2D eigenvalue weighted by Gasteiger charge is -2.38. The van der Waals surface area contributed by atoms with Gasteiger partial charge in [-0.2, -0.15) is 0 Å². The van der Waals surface area contributed by atoms with Gasteiger partial charge in [-0.15, -0.1) is 0 Å². The van der Waals surface area contributed by atoms with Gasteiger partial charge in [0.25, 0.3) is 0 Å². The Morgan fingerprint density at radius 2 is 1.71 bits per heavy atom. The standard InChI is InChI=1S/C23H30N2O3/c1-5-24(6-2)22(26)16-25-13-12-18-14-20(27-3)21(28-4)15-19(18)23(25)17-10-8-7-9-11-17/h7-11,14-15,23H,5-6,12-13,16H2,1-4H3. The number of ether oxygens (including phenoxy) is 2. The number of methoxy groups -OCH3 is 2. The minimum absolute atomic E-state index is 0.0178. The molecule has 0 aromatic heterocycles. The number of carbonyl (C=O) groups is 1. The number of hydrogen-bond donors (Lipinski definition) is 0. The van der Waals surface area contributed by atoms with Crippen LogP contribution in [-0.2, 0) is 11.2 Å². The fourth-order valence-corrected chi connectivity index (χ4v) is 4.04. The van der Waals surface area contributed by atoms with Crippen molar-refractivity contribution in [2.45, 2.75) is 26.3 Å². The number of likely N-dealkylation sites (N-methyl/N-ethyl adjacent to an activating group) is 1. The summed E-state index contributed by atoms with van der Waals surface area (Å²) in [6.07, 6.45) is 0.880. The predicted molar refractivity (Wildman–Crippen MR) is 111 cm³/mol. The fourth-order valence-electron chi connectivity index (χ4n) is 4.04. The summed E-state index contributed by atoms with van der Waals surface area (Å²) in [6.45, 7) is 6.77. The van der Waals surface area contributed by atoms with Crippen molar-refractivity contribution in [2.75, 3.05) is 40.4 Å². The van der Waals surface area contributed by atoms with Gasteiger partial charge in [0.1, 0.15) is 0 Å². The lowest BCUT2D eigenvalue weighted by Crippen LogP contribution is -2.44. The molecule has 28 heavy (non-hydrogen) atoms. The molecule has 2 aromatic carbocycles. The van der Waals surface area contributed by atoms with E-state index in [1.807, 2.05) is 24.8 Å². The van der Waals surface area contributed by atoms with E-state index in [2.05, 4.69) is 41.3 Å². The zero-order valence-corrected chi connectivity index (χ0v) is 17.3. The molecule has 0 saturated heterocycles. The van der Waals surface area contributed by atoms with Gasteiger partial charge in [-0.1, -0.05) is 30.3 Å². The van der Waals surface area contributed by atoms with Crippen LogP contribution in [0.25, 0.3) is 0 Å². The second-order valence-corrected chi connectivity index (χ2v) is 7.01. The highest BCUT2D eigenvalue weighted by molar-refractivity contribution is 5.78. The molecule has 0 fully saturated rings. The Kier molecular flexibility index (Phi) is 6.57. The van der Waals surface area contributed by atoms with E-state index in [1.165, 1.54) is 16.7 Å². The van der Waals surface area contributed by atoms with Crippen molar-refractivity contribution in [2.24, 2.45) is 0 Å². The molecule has 3 rings (SSSR count). The normalized spacial score (nSPS) is 16.4. The van der Waals surface area contributed by atoms with E-state index in [0.717, 1.165) is 37.6 Å². The van der Waals surface area contributed by atoms with Crippen molar-refractivity contribution in [3.63, 3.8) is 0 Å². The molecule has 0 bridgehead atoms. The Morgan fingerprint density at radius 1 is 1.07 bits per heavy atom. The minimum Gasteiger partial charge on any atom is -0.493 e. The molecule has 5 nitrogen and oxygen atoms in total. The molecule has 0 spiro atoms. The average Bonchev–Trinajstić information content (AvgIpc) is 2.74. The zero-order valence-electron chi connectivity index (χ0n) is 17.3.